The van der Waals surface area contributed by atoms with E-state index in [4.69, 9.17) is 0 Å². The molecular formula is C18H18BrNS. The van der Waals surface area contributed by atoms with E-state index < -0.39 is 0 Å². The third-order valence-electron chi connectivity index (χ3n) is 3.69. The highest BCUT2D eigenvalue weighted by Crippen LogP contribution is 2.36. The van der Waals surface area contributed by atoms with Crippen LogP contribution in [0.2, 0.25) is 0 Å². The van der Waals surface area contributed by atoms with Gasteiger partial charge in [-0.2, -0.15) is 0 Å². The Bertz CT molecular complexity index is 763. The largest absolute Gasteiger partial charge is 0.306 e. The molecule has 0 amide bonds. The molecule has 3 aromatic rings. The first kappa shape index (κ1) is 14.8. The molecule has 21 heavy (non-hydrogen) atoms. The van der Waals surface area contributed by atoms with E-state index in [1.54, 1.807) is 0 Å². The zero-order valence-corrected chi connectivity index (χ0v) is 14.6. The summed E-state index contributed by atoms with van der Waals surface area (Å²) >= 11 is 5.53. The van der Waals surface area contributed by atoms with Gasteiger partial charge in [0.15, 0.2) is 0 Å². The molecule has 1 atom stereocenters. The second-order valence-corrected chi connectivity index (χ2v) is 6.97. The van der Waals surface area contributed by atoms with Crippen molar-refractivity contribution in [2.45, 2.75) is 19.9 Å². The number of nitrogens with one attached hydrogen (secondary N) is 1. The average molecular weight is 360 g/mol. The lowest BCUT2D eigenvalue weighted by Gasteiger charge is -2.20. The van der Waals surface area contributed by atoms with Crippen LogP contribution in [-0.4, -0.2) is 6.54 Å². The molecule has 1 N–H and O–H groups in total. The van der Waals surface area contributed by atoms with Crippen LogP contribution < -0.4 is 5.32 Å². The van der Waals surface area contributed by atoms with Gasteiger partial charge >= 0.3 is 0 Å². The molecule has 0 saturated carbocycles. The molecule has 0 bridgehead atoms. The van der Waals surface area contributed by atoms with E-state index in [1.165, 1.54) is 26.8 Å². The van der Waals surface area contributed by atoms with Crippen LogP contribution in [0.15, 0.2) is 52.3 Å². The molecule has 1 unspecified atom stereocenters. The van der Waals surface area contributed by atoms with Crippen LogP contribution in [0.5, 0.6) is 0 Å². The Morgan fingerprint density at radius 1 is 1.14 bits per heavy atom. The maximum absolute atomic E-state index is 3.71. The van der Waals surface area contributed by atoms with E-state index >= 15 is 0 Å². The topological polar surface area (TPSA) is 12.0 Å². The molecule has 0 aliphatic carbocycles. The Kier molecular flexibility index (Phi) is 4.43. The number of halogens is 1. The van der Waals surface area contributed by atoms with Crippen LogP contribution >= 0.6 is 27.3 Å². The van der Waals surface area contributed by atoms with Gasteiger partial charge in [0.2, 0.25) is 0 Å². The van der Waals surface area contributed by atoms with Crippen LogP contribution in [0, 0.1) is 6.92 Å². The Hall–Kier alpha value is -1.16. The zero-order valence-electron chi connectivity index (χ0n) is 12.2. The van der Waals surface area contributed by atoms with Crippen molar-refractivity contribution in [1.82, 2.24) is 5.32 Å². The highest BCUT2D eigenvalue weighted by molar-refractivity contribution is 9.10. The van der Waals surface area contributed by atoms with Crippen LogP contribution in [0.25, 0.3) is 10.1 Å². The van der Waals surface area contributed by atoms with Gasteiger partial charge in [0.1, 0.15) is 0 Å². The van der Waals surface area contributed by atoms with Crippen molar-refractivity contribution in [2.75, 3.05) is 6.54 Å². The van der Waals surface area contributed by atoms with Gasteiger partial charge in [0, 0.05) is 9.17 Å². The molecule has 0 aliphatic heterocycles. The molecule has 2 aromatic carbocycles. The van der Waals surface area contributed by atoms with Gasteiger partial charge in [0.05, 0.1) is 6.04 Å². The molecule has 0 fully saturated rings. The summed E-state index contributed by atoms with van der Waals surface area (Å²) in [5, 5.41) is 7.27. The zero-order chi connectivity index (χ0) is 14.8. The second kappa shape index (κ2) is 6.30. The fourth-order valence-electron chi connectivity index (χ4n) is 2.70. The predicted molar refractivity (Wildman–Crippen MR) is 96.2 cm³/mol. The molecule has 1 heterocycles. The number of hydrogen-bond donors (Lipinski definition) is 1. The summed E-state index contributed by atoms with van der Waals surface area (Å²) in [5.74, 6) is 0. The van der Waals surface area contributed by atoms with Gasteiger partial charge in [-0.1, -0.05) is 58.7 Å². The van der Waals surface area contributed by atoms with Gasteiger partial charge < -0.3 is 5.32 Å². The van der Waals surface area contributed by atoms with Gasteiger partial charge in [-0.25, -0.2) is 0 Å². The Balaban J connectivity index is 2.15. The highest BCUT2D eigenvalue weighted by atomic mass is 79.9. The molecule has 1 aromatic heterocycles. The van der Waals surface area contributed by atoms with Gasteiger partial charge in [-0.3, -0.25) is 0 Å². The Labute approximate surface area is 138 Å². The molecule has 1 nitrogen and oxygen atoms in total. The van der Waals surface area contributed by atoms with Crippen molar-refractivity contribution in [2.24, 2.45) is 0 Å². The van der Waals surface area contributed by atoms with E-state index in [2.05, 4.69) is 82.9 Å². The van der Waals surface area contributed by atoms with Crippen LogP contribution in [0.3, 0.4) is 0 Å². The maximum atomic E-state index is 3.71. The number of fused-ring (bicyclic) bond motifs is 1. The van der Waals surface area contributed by atoms with Crippen LogP contribution in [-0.2, 0) is 0 Å². The molecule has 0 saturated heterocycles. The summed E-state index contributed by atoms with van der Waals surface area (Å²) < 4.78 is 2.51. The predicted octanol–water partition coefficient (Wildman–Crippen LogP) is 5.67. The molecule has 0 aliphatic rings. The third-order valence-corrected chi connectivity index (χ3v) is 5.40. The van der Waals surface area contributed by atoms with Crippen molar-refractivity contribution in [3.63, 3.8) is 0 Å². The molecule has 0 radical (unpaired) electrons. The molecule has 3 rings (SSSR count). The highest BCUT2D eigenvalue weighted by Gasteiger charge is 2.19. The van der Waals surface area contributed by atoms with Gasteiger partial charge in [-0.15, -0.1) is 11.3 Å². The van der Waals surface area contributed by atoms with E-state index in [0.29, 0.717) is 0 Å². The minimum absolute atomic E-state index is 0.223. The fraction of sp³-hybridized carbons (Fsp3) is 0.222. The van der Waals surface area contributed by atoms with Gasteiger partial charge in [-0.05, 0) is 47.5 Å². The Morgan fingerprint density at radius 2 is 1.95 bits per heavy atom. The minimum atomic E-state index is 0.223. The van der Waals surface area contributed by atoms with Crippen molar-refractivity contribution in [3.05, 3.63) is 69.0 Å². The second-order valence-electron chi connectivity index (χ2n) is 5.20. The average Bonchev–Trinajstić information content (AvgIpc) is 2.91. The quantitative estimate of drug-likeness (QED) is 0.632. The number of hydrogen-bond acceptors (Lipinski definition) is 2. The summed E-state index contributed by atoms with van der Waals surface area (Å²) in [6.45, 7) is 5.24. The number of aryl methyl sites for hydroxylation is 1. The number of rotatable bonds is 4. The van der Waals surface area contributed by atoms with E-state index in [9.17, 15) is 0 Å². The minimum Gasteiger partial charge on any atom is -0.306 e. The maximum Gasteiger partial charge on any atom is 0.0602 e. The first-order valence-corrected chi connectivity index (χ1v) is 8.83. The van der Waals surface area contributed by atoms with E-state index in [-0.39, 0.29) is 6.04 Å². The van der Waals surface area contributed by atoms with E-state index in [1.807, 2.05) is 11.3 Å². The lowest BCUT2D eigenvalue weighted by atomic mass is 9.97. The summed E-state index contributed by atoms with van der Waals surface area (Å²) in [6, 6.07) is 15.4. The third kappa shape index (κ3) is 2.91. The summed E-state index contributed by atoms with van der Waals surface area (Å²) in [5.41, 5.74) is 3.96. The summed E-state index contributed by atoms with van der Waals surface area (Å²) in [6.07, 6.45) is 0. The van der Waals surface area contributed by atoms with E-state index in [0.717, 1.165) is 11.0 Å². The fourth-order valence-corrected chi connectivity index (χ4v) is 4.16. The van der Waals surface area contributed by atoms with Crippen molar-refractivity contribution < 1.29 is 0 Å². The first-order chi connectivity index (χ1) is 10.2. The molecule has 108 valence electrons. The smallest absolute Gasteiger partial charge is 0.0602 e. The SMILES string of the molecule is CCNC(c1cc(C)ccc1Br)c1csc2ccccc12. The van der Waals surface area contributed by atoms with Crippen LogP contribution in [0.4, 0.5) is 0 Å². The van der Waals surface area contributed by atoms with Crippen molar-refractivity contribution in [1.29, 1.82) is 0 Å². The Morgan fingerprint density at radius 3 is 2.76 bits per heavy atom. The normalized spacial score (nSPS) is 12.7. The number of benzene rings is 2. The van der Waals surface area contributed by atoms with Crippen LogP contribution in [0.1, 0.15) is 29.7 Å². The summed E-state index contributed by atoms with van der Waals surface area (Å²) in [4.78, 5) is 0. The number of thiophene rings is 1. The summed E-state index contributed by atoms with van der Waals surface area (Å²) in [7, 11) is 0. The lowest BCUT2D eigenvalue weighted by molar-refractivity contribution is 0.633. The van der Waals surface area contributed by atoms with Gasteiger partial charge in [0.25, 0.3) is 0 Å². The first-order valence-electron chi connectivity index (χ1n) is 7.16. The standard InChI is InChI=1S/C18H18BrNS/c1-3-20-18(14-10-12(2)8-9-16(14)19)15-11-21-17-7-5-4-6-13(15)17/h4-11,18,20H,3H2,1-2H3. The lowest BCUT2D eigenvalue weighted by Crippen LogP contribution is -2.22. The van der Waals surface area contributed by atoms with Crippen molar-refractivity contribution in [3.8, 4) is 0 Å². The molecule has 3 heteroatoms. The molecule has 0 spiro atoms. The van der Waals surface area contributed by atoms with Crippen molar-refractivity contribution >= 4 is 37.4 Å². The monoisotopic (exact) mass is 359 g/mol. The molecular weight excluding hydrogens is 342 g/mol.